The molecule has 0 aliphatic heterocycles. The van der Waals surface area contributed by atoms with Crippen molar-refractivity contribution in [3.05, 3.63) is 78.9 Å². The van der Waals surface area contributed by atoms with Crippen LogP contribution < -0.4 is 20.1 Å². The van der Waals surface area contributed by atoms with Crippen LogP contribution in [-0.2, 0) is 9.59 Å². The van der Waals surface area contributed by atoms with E-state index < -0.39 is 0 Å². The number of carbonyl (C=O) groups is 2. The largest absolute Gasteiger partial charge is 0.497 e. The lowest BCUT2D eigenvalue weighted by atomic mass is 10.3. The van der Waals surface area contributed by atoms with Crippen LogP contribution >= 0.6 is 11.8 Å². The van der Waals surface area contributed by atoms with E-state index in [1.807, 2.05) is 55.5 Å². The van der Waals surface area contributed by atoms with Gasteiger partial charge in [-0.05, 0) is 55.5 Å². The standard InChI is InChI=1S/C24H24N2O4S/c1-17(24(28)26-19-7-6-10-21(15-19)29-2)31-22-13-11-18(12-14-22)25-23(27)16-30-20-8-4-3-5-9-20/h3-15,17H,16H2,1-2H3,(H,25,27)(H,26,28). The van der Waals surface area contributed by atoms with Crippen LogP contribution in [0.2, 0.25) is 0 Å². The Kier molecular flexibility index (Phi) is 7.95. The van der Waals surface area contributed by atoms with Gasteiger partial charge in [-0.15, -0.1) is 11.8 Å². The van der Waals surface area contributed by atoms with Gasteiger partial charge in [-0.2, -0.15) is 0 Å². The van der Waals surface area contributed by atoms with Crippen LogP contribution in [0.25, 0.3) is 0 Å². The summed E-state index contributed by atoms with van der Waals surface area (Å²) in [6.07, 6.45) is 0. The topological polar surface area (TPSA) is 76.7 Å². The number of carbonyl (C=O) groups excluding carboxylic acids is 2. The van der Waals surface area contributed by atoms with Gasteiger partial charge in [0.05, 0.1) is 12.4 Å². The highest BCUT2D eigenvalue weighted by molar-refractivity contribution is 8.00. The summed E-state index contributed by atoms with van der Waals surface area (Å²) in [5.74, 6) is 0.986. The molecule has 0 aliphatic rings. The van der Waals surface area contributed by atoms with Crippen LogP contribution in [0.1, 0.15) is 6.92 Å². The van der Waals surface area contributed by atoms with Crippen LogP contribution in [0.4, 0.5) is 11.4 Å². The van der Waals surface area contributed by atoms with E-state index in [1.165, 1.54) is 11.8 Å². The van der Waals surface area contributed by atoms with Crippen molar-refractivity contribution in [3.63, 3.8) is 0 Å². The first-order chi connectivity index (χ1) is 15.0. The van der Waals surface area contributed by atoms with E-state index in [-0.39, 0.29) is 23.7 Å². The van der Waals surface area contributed by atoms with Gasteiger partial charge in [0.15, 0.2) is 6.61 Å². The Labute approximate surface area is 186 Å². The van der Waals surface area contributed by atoms with Gasteiger partial charge >= 0.3 is 0 Å². The predicted octanol–water partition coefficient (Wildman–Crippen LogP) is 4.83. The van der Waals surface area contributed by atoms with Crippen LogP contribution in [0.15, 0.2) is 83.8 Å². The van der Waals surface area contributed by atoms with Crippen molar-refractivity contribution in [2.75, 3.05) is 24.4 Å². The number of thioether (sulfide) groups is 1. The molecule has 3 aromatic carbocycles. The Morgan fingerprint density at radius 2 is 1.58 bits per heavy atom. The molecule has 0 radical (unpaired) electrons. The van der Waals surface area contributed by atoms with Gasteiger partial charge in [0, 0.05) is 22.3 Å². The molecule has 0 aliphatic carbocycles. The zero-order valence-corrected chi connectivity index (χ0v) is 18.1. The second-order valence-electron chi connectivity index (χ2n) is 6.66. The molecule has 2 N–H and O–H groups in total. The van der Waals surface area contributed by atoms with Crippen molar-refractivity contribution in [2.24, 2.45) is 0 Å². The lowest BCUT2D eigenvalue weighted by Gasteiger charge is -2.13. The maximum absolute atomic E-state index is 12.5. The zero-order chi connectivity index (χ0) is 22.1. The van der Waals surface area contributed by atoms with Gasteiger partial charge in [-0.3, -0.25) is 9.59 Å². The summed E-state index contributed by atoms with van der Waals surface area (Å²) in [6, 6.07) is 23.7. The van der Waals surface area contributed by atoms with Crippen LogP contribution in [0.3, 0.4) is 0 Å². The molecule has 0 aromatic heterocycles. The Morgan fingerprint density at radius 3 is 2.29 bits per heavy atom. The van der Waals surface area contributed by atoms with Crippen molar-refractivity contribution < 1.29 is 19.1 Å². The Morgan fingerprint density at radius 1 is 0.871 bits per heavy atom. The van der Waals surface area contributed by atoms with E-state index in [0.29, 0.717) is 22.9 Å². The molecule has 3 rings (SSSR count). The third kappa shape index (κ3) is 7.08. The lowest BCUT2D eigenvalue weighted by Crippen LogP contribution is -2.22. The Hall–Kier alpha value is -3.45. The van der Waals surface area contributed by atoms with Gasteiger partial charge in [0.2, 0.25) is 5.91 Å². The van der Waals surface area contributed by atoms with Crippen LogP contribution in [0, 0.1) is 0 Å². The summed E-state index contributed by atoms with van der Waals surface area (Å²) < 4.78 is 10.6. The van der Waals surface area contributed by atoms with Crippen molar-refractivity contribution >= 4 is 35.0 Å². The summed E-state index contributed by atoms with van der Waals surface area (Å²) in [6.45, 7) is 1.78. The fourth-order valence-corrected chi connectivity index (χ4v) is 3.55. The third-order valence-electron chi connectivity index (χ3n) is 4.27. The van der Waals surface area contributed by atoms with Gasteiger partial charge < -0.3 is 20.1 Å². The fraction of sp³-hybridized carbons (Fsp3) is 0.167. The summed E-state index contributed by atoms with van der Waals surface area (Å²) in [5.41, 5.74) is 1.35. The summed E-state index contributed by atoms with van der Waals surface area (Å²) in [5, 5.41) is 5.39. The zero-order valence-electron chi connectivity index (χ0n) is 17.3. The first-order valence-electron chi connectivity index (χ1n) is 9.73. The van der Waals surface area contributed by atoms with Crippen molar-refractivity contribution in [1.29, 1.82) is 0 Å². The second kappa shape index (κ2) is 11.1. The predicted molar refractivity (Wildman–Crippen MR) is 124 cm³/mol. The van der Waals surface area contributed by atoms with Crippen molar-refractivity contribution in [2.45, 2.75) is 17.1 Å². The third-order valence-corrected chi connectivity index (χ3v) is 5.38. The highest BCUT2D eigenvalue weighted by atomic mass is 32.2. The van der Waals surface area contributed by atoms with E-state index >= 15 is 0 Å². The molecule has 31 heavy (non-hydrogen) atoms. The number of anilines is 2. The molecule has 0 spiro atoms. The molecule has 6 nitrogen and oxygen atoms in total. The molecule has 0 heterocycles. The molecule has 0 saturated carbocycles. The summed E-state index contributed by atoms with van der Waals surface area (Å²) in [7, 11) is 1.59. The Bertz CT molecular complexity index is 1010. The number of amides is 2. The molecule has 1 unspecified atom stereocenters. The van der Waals surface area contributed by atoms with E-state index in [0.717, 1.165) is 4.90 Å². The minimum absolute atomic E-state index is 0.0675. The number of rotatable bonds is 9. The lowest BCUT2D eigenvalue weighted by molar-refractivity contribution is -0.118. The molecular formula is C24H24N2O4S. The molecule has 0 bridgehead atoms. The first kappa shape index (κ1) is 22.2. The van der Waals surface area contributed by atoms with Crippen molar-refractivity contribution in [3.8, 4) is 11.5 Å². The summed E-state index contributed by atoms with van der Waals surface area (Å²) in [4.78, 5) is 25.5. The summed E-state index contributed by atoms with van der Waals surface area (Å²) >= 11 is 1.44. The Balaban J connectivity index is 1.47. The maximum atomic E-state index is 12.5. The maximum Gasteiger partial charge on any atom is 0.262 e. The highest BCUT2D eigenvalue weighted by Gasteiger charge is 2.15. The smallest absolute Gasteiger partial charge is 0.262 e. The number of hydrogen-bond donors (Lipinski definition) is 2. The number of ether oxygens (including phenoxy) is 2. The van der Waals surface area contributed by atoms with Crippen LogP contribution in [0.5, 0.6) is 11.5 Å². The number of para-hydroxylation sites is 1. The SMILES string of the molecule is COc1cccc(NC(=O)C(C)Sc2ccc(NC(=O)COc3ccccc3)cc2)c1. The van der Waals surface area contributed by atoms with Gasteiger partial charge in [0.25, 0.3) is 5.91 Å². The number of benzene rings is 3. The number of hydrogen-bond acceptors (Lipinski definition) is 5. The average Bonchev–Trinajstić information content (AvgIpc) is 2.79. The minimum Gasteiger partial charge on any atom is -0.497 e. The molecule has 2 amide bonds. The van der Waals surface area contributed by atoms with E-state index in [2.05, 4.69) is 10.6 Å². The molecular weight excluding hydrogens is 412 g/mol. The van der Waals surface area contributed by atoms with E-state index in [1.54, 1.807) is 37.4 Å². The minimum atomic E-state index is -0.300. The van der Waals surface area contributed by atoms with Gasteiger partial charge in [-0.1, -0.05) is 24.3 Å². The average molecular weight is 437 g/mol. The second-order valence-corrected chi connectivity index (χ2v) is 8.07. The number of methoxy groups -OCH3 is 1. The van der Waals surface area contributed by atoms with Crippen LogP contribution in [-0.4, -0.2) is 30.8 Å². The van der Waals surface area contributed by atoms with Gasteiger partial charge in [0.1, 0.15) is 11.5 Å². The molecule has 1 atom stereocenters. The van der Waals surface area contributed by atoms with E-state index in [9.17, 15) is 9.59 Å². The van der Waals surface area contributed by atoms with Gasteiger partial charge in [-0.25, -0.2) is 0 Å². The first-order valence-corrected chi connectivity index (χ1v) is 10.6. The van der Waals surface area contributed by atoms with E-state index in [4.69, 9.17) is 9.47 Å². The number of nitrogens with one attached hydrogen (secondary N) is 2. The monoisotopic (exact) mass is 436 g/mol. The molecule has 0 fully saturated rings. The molecule has 0 saturated heterocycles. The fourth-order valence-electron chi connectivity index (χ4n) is 2.68. The quantitative estimate of drug-likeness (QED) is 0.470. The molecule has 3 aromatic rings. The molecule has 7 heteroatoms. The van der Waals surface area contributed by atoms with Crippen molar-refractivity contribution in [1.82, 2.24) is 0 Å². The highest BCUT2D eigenvalue weighted by Crippen LogP contribution is 2.26. The normalized spacial score (nSPS) is 11.3. The molecule has 160 valence electrons.